The number of hydrogen-bond donors (Lipinski definition) is 0. The van der Waals surface area contributed by atoms with E-state index in [4.69, 9.17) is 10.00 Å². The topological polar surface area (TPSA) is 56.6 Å². The Morgan fingerprint density at radius 2 is 2.00 bits per heavy atom. The summed E-state index contributed by atoms with van der Waals surface area (Å²) >= 11 is 0. The molecule has 2 saturated heterocycles. The molecule has 0 radical (unpaired) electrons. The van der Waals surface area contributed by atoms with Crippen molar-refractivity contribution >= 4 is 5.91 Å². The van der Waals surface area contributed by atoms with Gasteiger partial charge in [-0.25, -0.2) is 4.39 Å². The molecule has 2 atom stereocenters. The van der Waals surface area contributed by atoms with E-state index in [1.54, 1.807) is 4.90 Å². The molecule has 3 fully saturated rings. The average molecular weight is 371 g/mol. The molecule has 4 rings (SSSR count). The fourth-order valence-corrected chi connectivity index (χ4v) is 5.05. The highest BCUT2D eigenvalue weighted by atomic mass is 19.1. The zero-order valence-electron chi connectivity index (χ0n) is 15.6. The van der Waals surface area contributed by atoms with Gasteiger partial charge in [0.05, 0.1) is 24.8 Å². The van der Waals surface area contributed by atoms with E-state index in [1.165, 1.54) is 31.4 Å². The molecular formula is C21H26FN3O2. The van der Waals surface area contributed by atoms with Crippen LogP contribution in [-0.4, -0.2) is 60.1 Å². The quantitative estimate of drug-likeness (QED) is 0.802. The highest BCUT2D eigenvalue weighted by Crippen LogP contribution is 2.39. The lowest BCUT2D eigenvalue weighted by molar-refractivity contribution is -0.156. The Balaban J connectivity index is 1.57. The first-order valence-electron chi connectivity index (χ1n) is 9.99. The predicted octanol–water partition coefficient (Wildman–Crippen LogP) is 2.95. The Bertz CT molecular complexity index is 752. The molecule has 27 heavy (non-hydrogen) atoms. The summed E-state index contributed by atoms with van der Waals surface area (Å²) in [5, 5.41) is 9.07. The van der Waals surface area contributed by atoms with E-state index in [0.717, 1.165) is 38.4 Å². The van der Waals surface area contributed by atoms with Crippen molar-refractivity contribution in [3.8, 4) is 6.07 Å². The highest BCUT2D eigenvalue weighted by Gasteiger charge is 2.48. The molecule has 2 aliphatic heterocycles. The molecule has 144 valence electrons. The van der Waals surface area contributed by atoms with E-state index in [1.807, 2.05) is 6.07 Å². The van der Waals surface area contributed by atoms with Crippen LogP contribution in [0.2, 0.25) is 0 Å². The number of likely N-dealkylation sites (tertiary alicyclic amines) is 1. The third kappa shape index (κ3) is 3.59. The maximum absolute atomic E-state index is 13.8. The fraction of sp³-hybridized carbons (Fsp3) is 0.619. The molecule has 1 aromatic carbocycles. The van der Waals surface area contributed by atoms with Gasteiger partial charge in [0.1, 0.15) is 11.4 Å². The van der Waals surface area contributed by atoms with Crippen molar-refractivity contribution < 1.29 is 13.9 Å². The zero-order valence-corrected chi connectivity index (χ0v) is 15.6. The third-order valence-corrected chi connectivity index (χ3v) is 6.29. The number of morpholine rings is 1. The highest BCUT2D eigenvalue weighted by molar-refractivity contribution is 5.94. The first-order chi connectivity index (χ1) is 13.1. The van der Waals surface area contributed by atoms with Gasteiger partial charge in [0.15, 0.2) is 0 Å². The van der Waals surface area contributed by atoms with Crippen molar-refractivity contribution in [2.24, 2.45) is 0 Å². The van der Waals surface area contributed by atoms with E-state index in [9.17, 15) is 9.18 Å². The van der Waals surface area contributed by atoms with Crippen molar-refractivity contribution in [2.75, 3.05) is 32.8 Å². The number of nitrogens with zero attached hydrogens (tertiary/aromatic N) is 3. The number of halogens is 1. The van der Waals surface area contributed by atoms with Crippen molar-refractivity contribution in [3.05, 3.63) is 35.1 Å². The van der Waals surface area contributed by atoms with Crippen molar-refractivity contribution in [1.82, 2.24) is 9.80 Å². The summed E-state index contributed by atoms with van der Waals surface area (Å²) in [4.78, 5) is 17.4. The van der Waals surface area contributed by atoms with Gasteiger partial charge in [-0.3, -0.25) is 9.69 Å². The number of carbonyl (C=O) groups is 1. The van der Waals surface area contributed by atoms with Gasteiger partial charge in [0, 0.05) is 18.2 Å². The van der Waals surface area contributed by atoms with E-state index < -0.39 is 5.82 Å². The van der Waals surface area contributed by atoms with Crippen LogP contribution in [0.1, 0.15) is 54.4 Å². The second-order valence-corrected chi connectivity index (χ2v) is 7.98. The Morgan fingerprint density at radius 3 is 2.78 bits per heavy atom. The van der Waals surface area contributed by atoms with Crippen LogP contribution in [0.25, 0.3) is 0 Å². The minimum absolute atomic E-state index is 0.175. The van der Waals surface area contributed by atoms with Gasteiger partial charge in [-0.05, 0) is 57.0 Å². The molecular weight excluding hydrogens is 345 g/mol. The lowest BCUT2D eigenvalue weighted by Gasteiger charge is -2.52. The summed E-state index contributed by atoms with van der Waals surface area (Å²) < 4.78 is 20.2. The summed E-state index contributed by atoms with van der Waals surface area (Å²) in [5.74, 6) is -0.757. The Hall–Kier alpha value is -1.97. The molecule has 2 heterocycles. The van der Waals surface area contributed by atoms with Gasteiger partial charge >= 0.3 is 0 Å². The number of ether oxygens (including phenoxy) is 1. The normalized spacial score (nSPS) is 29.0. The van der Waals surface area contributed by atoms with E-state index in [-0.39, 0.29) is 22.6 Å². The zero-order chi connectivity index (χ0) is 18.9. The molecule has 0 bridgehead atoms. The average Bonchev–Trinajstić information content (AvgIpc) is 3.21. The van der Waals surface area contributed by atoms with Crippen LogP contribution in [0.15, 0.2) is 18.2 Å². The maximum atomic E-state index is 13.8. The summed E-state index contributed by atoms with van der Waals surface area (Å²) in [6.07, 6.45) is 6.86. The van der Waals surface area contributed by atoms with Crippen LogP contribution in [0, 0.1) is 17.1 Å². The van der Waals surface area contributed by atoms with Crippen molar-refractivity contribution in [1.29, 1.82) is 5.26 Å². The monoisotopic (exact) mass is 371 g/mol. The molecule has 6 heteroatoms. The number of hydrogen-bond acceptors (Lipinski definition) is 4. The van der Waals surface area contributed by atoms with Crippen LogP contribution in [0.3, 0.4) is 0 Å². The van der Waals surface area contributed by atoms with Gasteiger partial charge < -0.3 is 9.64 Å². The summed E-state index contributed by atoms with van der Waals surface area (Å²) in [5.41, 5.74) is 0.105. The van der Waals surface area contributed by atoms with Crippen molar-refractivity contribution in [3.63, 3.8) is 0 Å². The van der Waals surface area contributed by atoms with Crippen LogP contribution in [0.5, 0.6) is 0 Å². The number of benzene rings is 1. The molecule has 1 amide bonds. The fourth-order valence-electron chi connectivity index (χ4n) is 5.05. The second-order valence-electron chi connectivity index (χ2n) is 7.98. The van der Waals surface area contributed by atoms with Gasteiger partial charge in [0.25, 0.3) is 5.91 Å². The molecule has 0 aromatic heterocycles. The van der Waals surface area contributed by atoms with Crippen LogP contribution >= 0.6 is 0 Å². The Kier molecular flexibility index (Phi) is 5.16. The minimum atomic E-state index is -0.548. The van der Waals surface area contributed by atoms with E-state index in [0.29, 0.717) is 25.7 Å². The number of amides is 1. The standard InChI is InChI=1S/C21H26FN3O2/c22-18-12-16(14-23)11-17(13-18)20(26)25-9-10-27-21(15-25)6-2-1-5-19(21)24-7-3-4-8-24/h11-13,19H,1-10,15H2/t19-,21-/m0/s1. The first kappa shape index (κ1) is 18.4. The van der Waals surface area contributed by atoms with Gasteiger partial charge in [0.2, 0.25) is 0 Å². The predicted molar refractivity (Wildman–Crippen MR) is 98.8 cm³/mol. The smallest absolute Gasteiger partial charge is 0.254 e. The lowest BCUT2D eigenvalue weighted by Crippen LogP contribution is -2.64. The lowest BCUT2D eigenvalue weighted by atomic mass is 9.78. The maximum Gasteiger partial charge on any atom is 0.254 e. The molecule has 1 aromatic rings. The summed E-state index contributed by atoms with van der Waals surface area (Å²) in [6.45, 7) is 3.78. The largest absolute Gasteiger partial charge is 0.370 e. The third-order valence-electron chi connectivity index (χ3n) is 6.29. The number of rotatable bonds is 2. The van der Waals surface area contributed by atoms with E-state index >= 15 is 0 Å². The van der Waals surface area contributed by atoms with Crippen molar-refractivity contribution in [2.45, 2.75) is 50.2 Å². The molecule has 5 nitrogen and oxygen atoms in total. The number of carbonyl (C=O) groups excluding carboxylic acids is 1. The van der Waals surface area contributed by atoms with Crippen LogP contribution in [0.4, 0.5) is 4.39 Å². The first-order valence-corrected chi connectivity index (χ1v) is 9.99. The Morgan fingerprint density at radius 1 is 1.19 bits per heavy atom. The van der Waals surface area contributed by atoms with Gasteiger partial charge in [-0.15, -0.1) is 0 Å². The molecule has 1 spiro atoms. The molecule has 0 unspecified atom stereocenters. The minimum Gasteiger partial charge on any atom is -0.370 e. The van der Waals surface area contributed by atoms with Crippen LogP contribution in [-0.2, 0) is 4.74 Å². The molecule has 1 saturated carbocycles. The molecule has 1 aliphatic carbocycles. The second kappa shape index (κ2) is 7.57. The molecule has 3 aliphatic rings. The number of nitriles is 1. The summed E-state index contributed by atoms with van der Waals surface area (Å²) in [7, 11) is 0. The van der Waals surface area contributed by atoms with Gasteiger partial charge in [-0.2, -0.15) is 5.26 Å². The molecule has 0 N–H and O–H groups in total. The van der Waals surface area contributed by atoms with Crippen LogP contribution < -0.4 is 0 Å². The Labute approximate surface area is 159 Å². The summed E-state index contributed by atoms with van der Waals surface area (Å²) in [6, 6.07) is 6.14. The van der Waals surface area contributed by atoms with E-state index in [2.05, 4.69) is 4.90 Å². The SMILES string of the molecule is N#Cc1cc(F)cc(C(=O)N2CCO[C@@]3(CCCC[C@@H]3N3CCCC3)C2)c1. The van der Waals surface area contributed by atoms with Gasteiger partial charge in [-0.1, -0.05) is 12.8 Å².